The van der Waals surface area contributed by atoms with Crippen molar-refractivity contribution in [3.8, 4) is 0 Å². The number of carbonyl (C=O) groups is 2. The van der Waals surface area contributed by atoms with Crippen molar-refractivity contribution in [2.24, 2.45) is 5.73 Å². The zero-order valence-electron chi connectivity index (χ0n) is 17.8. The molecule has 2 aliphatic rings. The molecule has 0 spiro atoms. The minimum atomic E-state index is -4.90. The molecule has 3 amide bonds. The molecule has 2 aliphatic heterocycles. The number of rotatable bonds is 2. The number of halogens is 4. The van der Waals surface area contributed by atoms with E-state index < -0.39 is 35.6 Å². The zero-order valence-corrected chi connectivity index (χ0v) is 17.8. The van der Waals surface area contributed by atoms with Gasteiger partial charge in [-0.1, -0.05) is 0 Å². The van der Waals surface area contributed by atoms with E-state index in [9.17, 15) is 27.2 Å². The number of amides is 3. The first-order valence-electron chi connectivity index (χ1n) is 10.2. The topological polar surface area (TPSA) is 106 Å². The average Bonchev–Trinajstić information content (AvgIpc) is 3.02. The number of fused-ring (bicyclic) bond motifs is 3. The van der Waals surface area contributed by atoms with E-state index in [1.54, 1.807) is 6.92 Å². The number of hydrogen-bond acceptors (Lipinski definition) is 5. The molecular formula is C20H22F4N6O3. The second kappa shape index (κ2) is 8.30. The highest BCUT2D eigenvalue weighted by Gasteiger charge is 2.38. The second-order valence-corrected chi connectivity index (χ2v) is 8.03. The summed E-state index contributed by atoms with van der Waals surface area (Å²) in [4.78, 5) is 32.7. The highest BCUT2D eigenvalue weighted by Crippen LogP contribution is 2.34. The van der Waals surface area contributed by atoms with E-state index in [-0.39, 0.29) is 37.1 Å². The quantitative estimate of drug-likeness (QED) is 0.656. The van der Waals surface area contributed by atoms with Crippen LogP contribution in [0.1, 0.15) is 34.2 Å². The van der Waals surface area contributed by atoms with Crippen LogP contribution in [0.4, 0.5) is 28.0 Å². The number of nitrogens with one attached hydrogen (secondary N) is 1. The molecule has 0 unspecified atom stereocenters. The van der Waals surface area contributed by atoms with Gasteiger partial charge in [0.15, 0.2) is 0 Å². The van der Waals surface area contributed by atoms with Crippen molar-refractivity contribution in [1.82, 2.24) is 19.7 Å². The van der Waals surface area contributed by atoms with Gasteiger partial charge in [-0.15, -0.1) is 0 Å². The smallest absolute Gasteiger partial charge is 0.328 e. The Bertz CT molecular complexity index is 1100. The number of alkyl halides is 3. The maximum atomic E-state index is 13.6. The van der Waals surface area contributed by atoms with Crippen molar-refractivity contribution in [3.05, 3.63) is 46.5 Å². The monoisotopic (exact) mass is 470 g/mol. The number of nitrogens with zero attached hydrogens (tertiary/aromatic N) is 4. The van der Waals surface area contributed by atoms with Crippen LogP contribution in [0.25, 0.3) is 0 Å². The summed E-state index contributed by atoms with van der Waals surface area (Å²) in [7, 11) is 1.46. The van der Waals surface area contributed by atoms with E-state index in [2.05, 4.69) is 10.4 Å². The highest BCUT2D eigenvalue weighted by atomic mass is 19.4. The van der Waals surface area contributed by atoms with E-state index >= 15 is 0 Å². The Kier molecular flexibility index (Phi) is 5.78. The third kappa shape index (κ3) is 4.25. The standard InChI is InChI=1S/C20H22F4N6O3/c1-10-5-16-13(17-18(31)28(2)33-12(7-25)8-30(17)27-16)9-29(10)19(32)26-11-3-4-15(21)14(6-11)20(22,23)24/h3-4,6,10,12H,5,7-9,25H2,1-2H3,(H,26,32)/t10-,12+/m1/s1. The van der Waals surface area contributed by atoms with Crippen LogP contribution in [0.2, 0.25) is 0 Å². The Morgan fingerprint density at radius 1 is 1.36 bits per heavy atom. The number of aromatic nitrogens is 2. The highest BCUT2D eigenvalue weighted by molar-refractivity contribution is 5.94. The summed E-state index contributed by atoms with van der Waals surface area (Å²) in [5.74, 6) is -1.87. The molecule has 33 heavy (non-hydrogen) atoms. The van der Waals surface area contributed by atoms with Gasteiger partial charge in [-0.3, -0.25) is 14.3 Å². The lowest BCUT2D eigenvalue weighted by atomic mass is 9.99. The normalized spacial score (nSPS) is 20.9. The van der Waals surface area contributed by atoms with Crippen LogP contribution in [0, 0.1) is 5.82 Å². The first kappa shape index (κ1) is 23.0. The lowest BCUT2D eigenvalue weighted by molar-refractivity contribution is -0.144. The molecule has 2 aromatic rings. The van der Waals surface area contributed by atoms with Gasteiger partial charge in [-0.05, 0) is 25.1 Å². The third-order valence-electron chi connectivity index (χ3n) is 5.70. The SMILES string of the molecule is C[C@@H]1Cc2nn3c(c2CN1C(=O)Nc1ccc(F)c(C(F)(F)F)c1)C(=O)N(C)O[C@@H](CN)C3. The Morgan fingerprint density at radius 3 is 2.76 bits per heavy atom. The van der Waals surface area contributed by atoms with Crippen molar-refractivity contribution in [3.63, 3.8) is 0 Å². The minimum absolute atomic E-state index is 0.0118. The van der Waals surface area contributed by atoms with Gasteiger partial charge < -0.3 is 16.0 Å². The van der Waals surface area contributed by atoms with Crippen molar-refractivity contribution in [1.29, 1.82) is 0 Å². The van der Waals surface area contributed by atoms with E-state index in [4.69, 9.17) is 10.6 Å². The van der Waals surface area contributed by atoms with Gasteiger partial charge >= 0.3 is 12.2 Å². The molecule has 0 bridgehead atoms. The molecule has 0 saturated heterocycles. The summed E-state index contributed by atoms with van der Waals surface area (Å²) in [5, 5.41) is 7.99. The first-order chi connectivity index (χ1) is 15.5. The number of nitrogens with two attached hydrogens (primary N) is 1. The molecule has 13 heteroatoms. The molecule has 2 atom stereocenters. The molecule has 9 nitrogen and oxygen atoms in total. The Hall–Kier alpha value is -3.19. The number of anilines is 1. The summed E-state index contributed by atoms with van der Waals surface area (Å²) in [6, 6.07) is 1.21. The van der Waals surface area contributed by atoms with Crippen molar-refractivity contribution in [2.75, 3.05) is 18.9 Å². The first-order valence-corrected chi connectivity index (χ1v) is 10.2. The van der Waals surface area contributed by atoms with Gasteiger partial charge in [-0.2, -0.15) is 18.3 Å². The van der Waals surface area contributed by atoms with Crippen LogP contribution in [-0.2, 0) is 30.5 Å². The number of carbonyl (C=O) groups excluding carboxylic acids is 2. The number of urea groups is 1. The lowest BCUT2D eigenvalue weighted by Crippen LogP contribution is -2.45. The predicted octanol–water partition coefficient (Wildman–Crippen LogP) is 2.36. The van der Waals surface area contributed by atoms with Gasteiger partial charge in [0.1, 0.15) is 17.6 Å². The summed E-state index contributed by atoms with van der Waals surface area (Å²) in [5.41, 5.74) is 5.50. The van der Waals surface area contributed by atoms with Gasteiger partial charge in [0.05, 0.1) is 24.3 Å². The van der Waals surface area contributed by atoms with Crippen LogP contribution in [0.3, 0.4) is 0 Å². The second-order valence-electron chi connectivity index (χ2n) is 8.03. The molecule has 1 aromatic heterocycles. The molecule has 0 saturated carbocycles. The summed E-state index contributed by atoms with van der Waals surface area (Å²) in [6.45, 7) is 2.20. The Balaban J connectivity index is 1.60. The summed E-state index contributed by atoms with van der Waals surface area (Å²) in [6.07, 6.45) is -5.02. The van der Waals surface area contributed by atoms with Crippen LogP contribution in [-0.4, -0.2) is 57.4 Å². The number of hydrogen-bond donors (Lipinski definition) is 2. The summed E-state index contributed by atoms with van der Waals surface area (Å²) >= 11 is 0. The number of benzene rings is 1. The van der Waals surface area contributed by atoms with E-state index in [1.165, 1.54) is 16.6 Å². The van der Waals surface area contributed by atoms with Crippen LogP contribution < -0.4 is 11.1 Å². The van der Waals surface area contributed by atoms with Gasteiger partial charge in [0.2, 0.25) is 0 Å². The van der Waals surface area contributed by atoms with Gasteiger partial charge in [-0.25, -0.2) is 14.2 Å². The fourth-order valence-electron chi connectivity index (χ4n) is 4.02. The van der Waals surface area contributed by atoms with E-state index in [0.29, 0.717) is 29.8 Å². The van der Waals surface area contributed by atoms with Crippen LogP contribution >= 0.6 is 0 Å². The average molecular weight is 470 g/mol. The minimum Gasteiger partial charge on any atom is -0.328 e. The molecule has 3 N–H and O–H groups in total. The van der Waals surface area contributed by atoms with Crippen molar-refractivity contribution in [2.45, 2.75) is 44.8 Å². The summed E-state index contributed by atoms with van der Waals surface area (Å²) < 4.78 is 54.1. The van der Waals surface area contributed by atoms with Crippen LogP contribution in [0.15, 0.2) is 18.2 Å². The van der Waals surface area contributed by atoms with E-state index in [0.717, 1.165) is 11.1 Å². The molecule has 0 radical (unpaired) electrons. The Morgan fingerprint density at radius 2 is 2.09 bits per heavy atom. The predicted molar refractivity (Wildman–Crippen MR) is 107 cm³/mol. The molecule has 178 valence electrons. The molecular weight excluding hydrogens is 448 g/mol. The molecule has 1 aromatic carbocycles. The molecule has 0 fully saturated rings. The fraction of sp³-hybridized carbons (Fsp3) is 0.450. The van der Waals surface area contributed by atoms with Crippen molar-refractivity contribution >= 4 is 17.6 Å². The van der Waals surface area contributed by atoms with E-state index in [1.807, 2.05) is 0 Å². The largest absolute Gasteiger partial charge is 0.419 e. The molecule has 4 rings (SSSR count). The van der Waals surface area contributed by atoms with Crippen LogP contribution in [0.5, 0.6) is 0 Å². The van der Waals surface area contributed by atoms with Crippen molar-refractivity contribution < 1.29 is 32.0 Å². The maximum Gasteiger partial charge on any atom is 0.419 e. The lowest BCUT2D eigenvalue weighted by Gasteiger charge is -2.33. The fourth-order valence-corrected chi connectivity index (χ4v) is 4.02. The maximum absolute atomic E-state index is 13.6. The van der Waals surface area contributed by atoms with Gasteiger partial charge in [0, 0.05) is 37.3 Å². The molecule has 0 aliphatic carbocycles. The molecule has 3 heterocycles. The zero-order chi connectivity index (χ0) is 24.1. The van der Waals surface area contributed by atoms with Gasteiger partial charge in [0.25, 0.3) is 5.91 Å². The Labute approximate surface area is 186 Å². The number of hydroxylamine groups is 2. The third-order valence-corrected chi connectivity index (χ3v) is 5.70.